The molecule has 1 saturated carbocycles. The number of carboxylic acids is 1. The predicted octanol–water partition coefficient (Wildman–Crippen LogP) is 6.70. The number of benzene rings is 2. The zero-order valence-corrected chi connectivity index (χ0v) is 20.2. The molecule has 33 heavy (non-hydrogen) atoms. The van der Waals surface area contributed by atoms with E-state index in [1.807, 2.05) is 30.3 Å². The molecule has 0 amide bonds. The van der Waals surface area contributed by atoms with Gasteiger partial charge in [0.2, 0.25) is 0 Å². The summed E-state index contributed by atoms with van der Waals surface area (Å²) in [5, 5.41) is 9.98. The molecule has 0 saturated heterocycles. The van der Waals surface area contributed by atoms with E-state index in [2.05, 4.69) is 29.2 Å². The molecular weight excluding hydrogens is 456 g/mol. The molecule has 174 valence electrons. The first-order chi connectivity index (χ1) is 16.1. The van der Waals surface area contributed by atoms with Crippen LogP contribution in [-0.2, 0) is 11.2 Å². The Balaban J connectivity index is 1.38. The lowest BCUT2D eigenvalue weighted by molar-refractivity contribution is -0.136. The third-order valence-electron chi connectivity index (χ3n) is 6.00. The van der Waals surface area contributed by atoms with Gasteiger partial charge < -0.3 is 14.7 Å². The zero-order valence-electron chi connectivity index (χ0n) is 18.6. The van der Waals surface area contributed by atoms with E-state index >= 15 is 0 Å². The lowest BCUT2D eigenvalue weighted by Crippen LogP contribution is -2.35. The van der Waals surface area contributed by atoms with E-state index in [9.17, 15) is 4.79 Å². The highest BCUT2D eigenvalue weighted by molar-refractivity contribution is 7.20. The number of aromatic nitrogens is 1. The Labute approximate surface area is 204 Å². The minimum Gasteiger partial charge on any atom is -0.494 e. The van der Waals surface area contributed by atoms with Gasteiger partial charge in [-0.2, -0.15) is 0 Å². The number of carbonyl (C=O) groups is 1. The van der Waals surface area contributed by atoms with Crippen LogP contribution in [0.1, 0.15) is 44.1 Å². The molecule has 1 N–H and O–H groups in total. The molecule has 7 heteroatoms. The number of rotatable bonds is 11. The van der Waals surface area contributed by atoms with E-state index in [0.717, 1.165) is 47.8 Å². The first kappa shape index (κ1) is 23.6. The van der Waals surface area contributed by atoms with Crippen LogP contribution < -0.4 is 9.64 Å². The first-order valence-electron chi connectivity index (χ1n) is 11.5. The average Bonchev–Trinajstić information content (AvgIpc) is 3.48. The summed E-state index contributed by atoms with van der Waals surface area (Å²) < 4.78 is 6.52. The number of hydrogen-bond acceptors (Lipinski definition) is 5. The summed E-state index contributed by atoms with van der Waals surface area (Å²) in [6, 6.07) is 18.6. The summed E-state index contributed by atoms with van der Waals surface area (Å²) in [5.74, 6) is 0.0349. The molecule has 0 unspecified atom stereocenters. The minimum absolute atomic E-state index is 0.0966. The molecule has 1 aromatic heterocycles. The standard InChI is InChI=1S/C26H29ClN2O3S/c27-25-24(28-26(33-25)29(17-16-23(30)31)21-10-4-5-11-21)20-12-14-22(15-13-20)32-18-6-9-19-7-2-1-3-8-19/h1-3,7-8,12-15,21H,4-6,9-11,16-18H2,(H,30,31). The van der Waals surface area contributed by atoms with Crippen molar-refractivity contribution in [1.82, 2.24) is 4.98 Å². The van der Waals surface area contributed by atoms with Gasteiger partial charge in [0.05, 0.1) is 13.0 Å². The highest BCUT2D eigenvalue weighted by Crippen LogP contribution is 2.39. The van der Waals surface area contributed by atoms with E-state index in [-0.39, 0.29) is 6.42 Å². The Hall–Kier alpha value is -2.57. The number of ether oxygens (including phenoxy) is 1. The van der Waals surface area contributed by atoms with Gasteiger partial charge >= 0.3 is 5.97 Å². The van der Waals surface area contributed by atoms with Crippen LogP contribution in [0.15, 0.2) is 54.6 Å². The Morgan fingerprint density at radius 1 is 1.12 bits per heavy atom. The Morgan fingerprint density at radius 3 is 2.55 bits per heavy atom. The van der Waals surface area contributed by atoms with Crippen LogP contribution >= 0.6 is 22.9 Å². The van der Waals surface area contributed by atoms with Crippen molar-refractivity contribution in [2.24, 2.45) is 0 Å². The second-order valence-corrected chi connectivity index (χ2v) is 9.94. The van der Waals surface area contributed by atoms with Gasteiger partial charge in [0, 0.05) is 18.2 Å². The molecule has 0 spiro atoms. The van der Waals surface area contributed by atoms with Crippen molar-refractivity contribution in [1.29, 1.82) is 0 Å². The number of carboxylic acid groups (broad SMARTS) is 1. The number of nitrogens with zero attached hydrogens (tertiary/aromatic N) is 2. The molecule has 1 fully saturated rings. The largest absolute Gasteiger partial charge is 0.494 e. The van der Waals surface area contributed by atoms with Crippen molar-refractivity contribution in [3.05, 3.63) is 64.5 Å². The number of aryl methyl sites for hydroxylation is 1. The van der Waals surface area contributed by atoms with E-state index in [1.165, 1.54) is 29.7 Å². The van der Waals surface area contributed by atoms with Crippen LogP contribution in [0.5, 0.6) is 5.75 Å². The van der Waals surface area contributed by atoms with Crippen molar-refractivity contribution in [3.63, 3.8) is 0 Å². The summed E-state index contributed by atoms with van der Waals surface area (Å²) in [5.41, 5.74) is 3.00. The van der Waals surface area contributed by atoms with Gasteiger partial charge in [-0.15, -0.1) is 0 Å². The smallest absolute Gasteiger partial charge is 0.305 e. The van der Waals surface area contributed by atoms with Crippen molar-refractivity contribution >= 4 is 34.0 Å². The van der Waals surface area contributed by atoms with E-state index in [1.54, 1.807) is 0 Å². The Kier molecular flexibility index (Phi) is 8.24. The normalized spacial score (nSPS) is 13.8. The molecule has 0 radical (unpaired) electrons. The van der Waals surface area contributed by atoms with Crippen molar-refractivity contribution in [2.75, 3.05) is 18.1 Å². The highest BCUT2D eigenvalue weighted by atomic mass is 35.5. The number of thiazole rings is 1. The van der Waals surface area contributed by atoms with Crippen molar-refractivity contribution in [3.8, 4) is 17.0 Å². The maximum absolute atomic E-state index is 11.2. The molecule has 0 bridgehead atoms. The third-order valence-corrected chi connectivity index (χ3v) is 7.29. The van der Waals surface area contributed by atoms with Gasteiger partial charge in [0.25, 0.3) is 0 Å². The fourth-order valence-electron chi connectivity index (χ4n) is 4.28. The topological polar surface area (TPSA) is 62.7 Å². The van der Waals surface area contributed by atoms with E-state index in [0.29, 0.717) is 23.5 Å². The summed E-state index contributed by atoms with van der Waals surface area (Å²) in [6.07, 6.45) is 6.54. The fourth-order valence-corrected chi connectivity index (χ4v) is 5.55. The molecular formula is C26H29ClN2O3S. The maximum Gasteiger partial charge on any atom is 0.305 e. The predicted molar refractivity (Wildman–Crippen MR) is 135 cm³/mol. The second-order valence-electron chi connectivity index (χ2n) is 8.36. The fraction of sp³-hybridized carbons (Fsp3) is 0.385. The summed E-state index contributed by atoms with van der Waals surface area (Å²) in [7, 11) is 0. The molecule has 0 atom stereocenters. The number of aliphatic carboxylic acids is 1. The Bertz CT molecular complexity index is 1030. The molecule has 5 nitrogen and oxygen atoms in total. The highest BCUT2D eigenvalue weighted by Gasteiger charge is 2.26. The molecule has 0 aliphatic heterocycles. The van der Waals surface area contributed by atoms with E-state index < -0.39 is 5.97 Å². The molecule has 1 aliphatic carbocycles. The van der Waals surface area contributed by atoms with Crippen molar-refractivity contribution in [2.45, 2.75) is 51.0 Å². The number of anilines is 1. The Morgan fingerprint density at radius 2 is 1.85 bits per heavy atom. The average molecular weight is 485 g/mol. The van der Waals surface area contributed by atoms with Gasteiger partial charge in [-0.25, -0.2) is 4.98 Å². The first-order valence-corrected chi connectivity index (χ1v) is 12.7. The quantitative estimate of drug-likeness (QED) is 0.307. The van der Waals surface area contributed by atoms with Gasteiger partial charge in [-0.05, 0) is 55.5 Å². The monoisotopic (exact) mass is 484 g/mol. The van der Waals surface area contributed by atoms with Gasteiger partial charge in [0.1, 0.15) is 15.8 Å². The van der Waals surface area contributed by atoms with E-state index in [4.69, 9.17) is 26.4 Å². The second kappa shape index (κ2) is 11.5. The number of hydrogen-bond donors (Lipinski definition) is 1. The lowest BCUT2D eigenvalue weighted by Gasteiger charge is -2.27. The van der Waals surface area contributed by atoms with Crippen LogP contribution in [0.25, 0.3) is 11.3 Å². The minimum atomic E-state index is -0.791. The van der Waals surface area contributed by atoms with Gasteiger partial charge in [-0.3, -0.25) is 4.79 Å². The lowest BCUT2D eigenvalue weighted by atomic mass is 10.1. The zero-order chi connectivity index (χ0) is 23.0. The molecule has 4 rings (SSSR count). The van der Waals surface area contributed by atoms with Crippen LogP contribution in [0.4, 0.5) is 5.13 Å². The molecule has 1 heterocycles. The molecule has 1 aliphatic rings. The van der Waals surface area contributed by atoms with Crippen LogP contribution in [0, 0.1) is 0 Å². The maximum atomic E-state index is 11.2. The van der Waals surface area contributed by atoms with Crippen LogP contribution in [-0.4, -0.2) is 35.3 Å². The summed E-state index contributed by atoms with van der Waals surface area (Å²) in [6.45, 7) is 1.12. The van der Waals surface area contributed by atoms with Crippen LogP contribution in [0.2, 0.25) is 4.34 Å². The summed E-state index contributed by atoms with van der Waals surface area (Å²) in [4.78, 5) is 18.1. The van der Waals surface area contributed by atoms with Crippen LogP contribution in [0.3, 0.4) is 0 Å². The van der Waals surface area contributed by atoms with Crippen molar-refractivity contribution < 1.29 is 14.6 Å². The summed E-state index contributed by atoms with van der Waals surface area (Å²) >= 11 is 8.01. The molecule has 2 aromatic carbocycles. The molecule has 3 aromatic rings. The van der Waals surface area contributed by atoms with Gasteiger partial charge in [-0.1, -0.05) is 66.1 Å². The third kappa shape index (κ3) is 6.49. The SMILES string of the molecule is O=C(O)CCN(c1nc(-c2ccc(OCCCc3ccccc3)cc2)c(Cl)s1)C1CCCC1. The van der Waals surface area contributed by atoms with Gasteiger partial charge in [0.15, 0.2) is 5.13 Å². The number of halogens is 1.